The molecule has 0 heterocycles. The molecule has 0 fully saturated rings. The number of ether oxygens (including phenoxy) is 1. The summed E-state index contributed by atoms with van der Waals surface area (Å²) in [5.41, 5.74) is 0.237. The summed E-state index contributed by atoms with van der Waals surface area (Å²) >= 11 is 0. The Labute approximate surface area is 106 Å². The van der Waals surface area contributed by atoms with Gasteiger partial charge in [-0.3, -0.25) is 10.1 Å². The van der Waals surface area contributed by atoms with Crippen molar-refractivity contribution in [2.75, 3.05) is 0 Å². The minimum atomic E-state index is -0.840. The molecule has 0 bridgehead atoms. The second-order valence-electron chi connectivity index (χ2n) is 5.09. The van der Waals surface area contributed by atoms with E-state index in [0.717, 1.165) is 0 Å². The number of hydrogen-bond donors (Lipinski definition) is 0. The van der Waals surface area contributed by atoms with Crippen molar-refractivity contribution in [2.45, 2.75) is 39.3 Å². The molecule has 0 saturated carbocycles. The van der Waals surface area contributed by atoms with Gasteiger partial charge in [-0.05, 0) is 32.9 Å². The molecule has 18 heavy (non-hydrogen) atoms. The van der Waals surface area contributed by atoms with Crippen LogP contribution in [0, 0.1) is 10.1 Å². The molecule has 0 aromatic heterocycles. The lowest BCUT2D eigenvalue weighted by molar-refractivity contribution is -0.524. The molecule has 1 aromatic rings. The Morgan fingerprint density at radius 2 is 2.00 bits per heavy atom. The van der Waals surface area contributed by atoms with Crippen LogP contribution in [-0.2, 0) is 4.74 Å². The van der Waals surface area contributed by atoms with E-state index in [-0.39, 0.29) is 0 Å². The van der Waals surface area contributed by atoms with Crippen molar-refractivity contribution < 1.29 is 14.5 Å². The van der Waals surface area contributed by atoms with Crippen molar-refractivity contribution in [3.63, 3.8) is 0 Å². The monoisotopic (exact) mass is 251 g/mol. The second kappa shape index (κ2) is 5.16. The molecule has 98 valence electrons. The van der Waals surface area contributed by atoms with E-state index in [1.165, 1.54) is 13.0 Å². The minimum Gasteiger partial charge on any atom is -0.456 e. The number of benzene rings is 1. The first-order valence-corrected chi connectivity index (χ1v) is 5.67. The van der Waals surface area contributed by atoms with Gasteiger partial charge < -0.3 is 4.74 Å². The first kappa shape index (κ1) is 14.2. The summed E-state index contributed by atoms with van der Waals surface area (Å²) in [5, 5.41) is 10.7. The summed E-state index contributed by atoms with van der Waals surface area (Å²) in [6.45, 7) is 6.80. The molecular weight excluding hydrogens is 234 g/mol. The normalized spacial score (nSPS) is 12.9. The molecule has 0 N–H and O–H groups in total. The molecule has 0 spiro atoms. The molecule has 0 aliphatic carbocycles. The quantitative estimate of drug-likeness (QED) is 0.470. The predicted molar refractivity (Wildman–Crippen MR) is 67.0 cm³/mol. The van der Waals surface area contributed by atoms with E-state index in [1.54, 1.807) is 39.0 Å². The third kappa shape index (κ3) is 3.84. The van der Waals surface area contributed by atoms with E-state index in [9.17, 15) is 14.9 Å². The van der Waals surface area contributed by atoms with Crippen LogP contribution >= 0.6 is 0 Å². The van der Waals surface area contributed by atoms with Gasteiger partial charge in [-0.2, -0.15) is 0 Å². The zero-order valence-electron chi connectivity index (χ0n) is 11.0. The Morgan fingerprint density at radius 3 is 2.50 bits per heavy atom. The van der Waals surface area contributed by atoms with Gasteiger partial charge in [0, 0.05) is 17.4 Å². The predicted octanol–water partition coefficient (Wildman–Crippen LogP) is 2.98. The zero-order valence-corrected chi connectivity index (χ0v) is 11.0. The van der Waals surface area contributed by atoms with E-state index >= 15 is 0 Å². The van der Waals surface area contributed by atoms with Crippen LogP contribution in [0.3, 0.4) is 0 Å². The molecule has 1 atom stereocenters. The number of nitro groups is 1. The van der Waals surface area contributed by atoms with Gasteiger partial charge in [-0.15, -0.1) is 0 Å². The fourth-order valence-corrected chi connectivity index (χ4v) is 1.38. The molecule has 0 saturated heterocycles. The maximum absolute atomic E-state index is 11.8. The van der Waals surface area contributed by atoms with Crippen molar-refractivity contribution in [1.29, 1.82) is 0 Å². The third-order valence-corrected chi connectivity index (χ3v) is 2.32. The highest BCUT2D eigenvalue weighted by molar-refractivity contribution is 5.89. The van der Waals surface area contributed by atoms with E-state index in [1.807, 2.05) is 0 Å². The molecule has 0 aliphatic heterocycles. The van der Waals surface area contributed by atoms with Crippen LogP contribution in [0.1, 0.15) is 49.7 Å². The van der Waals surface area contributed by atoms with Crippen LogP contribution in [0.25, 0.3) is 0 Å². The molecule has 0 radical (unpaired) electrons. The lowest BCUT2D eigenvalue weighted by Gasteiger charge is -2.19. The average Bonchev–Trinajstić information content (AvgIpc) is 2.25. The summed E-state index contributed by atoms with van der Waals surface area (Å²) < 4.78 is 5.21. The second-order valence-corrected chi connectivity index (χ2v) is 5.09. The fourth-order valence-electron chi connectivity index (χ4n) is 1.38. The lowest BCUT2D eigenvalue weighted by Crippen LogP contribution is -2.24. The topological polar surface area (TPSA) is 69.4 Å². The lowest BCUT2D eigenvalue weighted by atomic mass is 10.1. The highest BCUT2D eigenvalue weighted by Gasteiger charge is 2.21. The summed E-state index contributed by atoms with van der Waals surface area (Å²) in [5.74, 6) is -0.472. The fraction of sp³-hybridized carbons (Fsp3) is 0.462. The largest absolute Gasteiger partial charge is 0.456 e. The maximum Gasteiger partial charge on any atom is 0.338 e. The SMILES string of the molecule is CC(c1cccc(C(=O)OC(C)(C)C)c1)[N+](=O)[O-]. The Hall–Kier alpha value is -1.91. The summed E-state index contributed by atoms with van der Waals surface area (Å²) in [6, 6.07) is 5.49. The average molecular weight is 251 g/mol. The van der Waals surface area contributed by atoms with Gasteiger partial charge in [-0.25, -0.2) is 4.79 Å². The molecule has 0 amide bonds. The first-order chi connectivity index (χ1) is 8.20. The number of hydrogen-bond acceptors (Lipinski definition) is 4. The van der Waals surface area contributed by atoms with Crippen molar-refractivity contribution in [1.82, 2.24) is 0 Å². The van der Waals surface area contributed by atoms with Crippen molar-refractivity contribution in [2.24, 2.45) is 0 Å². The van der Waals surface area contributed by atoms with Crippen LogP contribution in [-0.4, -0.2) is 16.5 Å². The number of rotatable bonds is 3. The molecular formula is C13H17NO4. The van der Waals surface area contributed by atoms with Gasteiger partial charge in [0.25, 0.3) is 0 Å². The van der Waals surface area contributed by atoms with E-state index < -0.39 is 22.5 Å². The zero-order chi connectivity index (χ0) is 13.9. The maximum atomic E-state index is 11.8. The van der Waals surface area contributed by atoms with Crippen LogP contribution in [0.15, 0.2) is 24.3 Å². The Balaban J connectivity index is 2.95. The summed E-state index contributed by atoms with van der Waals surface area (Å²) in [4.78, 5) is 22.1. The van der Waals surface area contributed by atoms with E-state index in [2.05, 4.69) is 0 Å². The Kier molecular flexibility index (Phi) is 4.06. The smallest absolute Gasteiger partial charge is 0.338 e. The van der Waals surface area contributed by atoms with E-state index in [4.69, 9.17) is 4.74 Å². The first-order valence-electron chi connectivity index (χ1n) is 5.67. The van der Waals surface area contributed by atoms with Crippen molar-refractivity contribution in [3.05, 3.63) is 45.5 Å². The van der Waals surface area contributed by atoms with Crippen LogP contribution in [0.2, 0.25) is 0 Å². The number of carbonyl (C=O) groups excluding carboxylic acids is 1. The van der Waals surface area contributed by atoms with Crippen LogP contribution in [0.5, 0.6) is 0 Å². The number of carbonyl (C=O) groups is 1. The summed E-state index contributed by atoms with van der Waals surface area (Å²) in [7, 11) is 0. The van der Waals surface area contributed by atoms with Gasteiger partial charge >= 0.3 is 5.97 Å². The minimum absolute atomic E-state index is 0.330. The molecule has 5 heteroatoms. The molecule has 1 rings (SSSR count). The van der Waals surface area contributed by atoms with E-state index in [0.29, 0.717) is 11.1 Å². The van der Waals surface area contributed by atoms with Gasteiger partial charge in [0.05, 0.1) is 5.56 Å². The third-order valence-electron chi connectivity index (χ3n) is 2.32. The standard InChI is InChI=1S/C13H17NO4/c1-9(14(16)17)10-6-5-7-11(8-10)12(15)18-13(2,3)4/h5-9H,1-4H3. The number of nitrogens with zero attached hydrogens (tertiary/aromatic N) is 1. The Bertz CT molecular complexity index is 462. The van der Waals surface area contributed by atoms with Gasteiger partial charge in [-0.1, -0.05) is 12.1 Å². The molecule has 1 unspecified atom stereocenters. The van der Waals surface area contributed by atoms with Crippen molar-refractivity contribution >= 4 is 5.97 Å². The van der Waals surface area contributed by atoms with Crippen LogP contribution in [0.4, 0.5) is 0 Å². The summed E-state index contributed by atoms with van der Waals surface area (Å²) in [6.07, 6.45) is 0. The molecule has 1 aromatic carbocycles. The Morgan fingerprint density at radius 1 is 1.39 bits per heavy atom. The highest BCUT2D eigenvalue weighted by Crippen LogP contribution is 2.19. The molecule has 5 nitrogen and oxygen atoms in total. The number of esters is 1. The van der Waals surface area contributed by atoms with Gasteiger partial charge in [0.1, 0.15) is 5.60 Å². The van der Waals surface area contributed by atoms with Gasteiger partial charge in [0.2, 0.25) is 6.04 Å². The van der Waals surface area contributed by atoms with Gasteiger partial charge in [0.15, 0.2) is 0 Å². The molecule has 0 aliphatic rings. The van der Waals surface area contributed by atoms with Crippen LogP contribution < -0.4 is 0 Å². The van der Waals surface area contributed by atoms with Crippen molar-refractivity contribution in [3.8, 4) is 0 Å². The highest BCUT2D eigenvalue weighted by atomic mass is 16.6.